The van der Waals surface area contributed by atoms with Gasteiger partial charge in [0.05, 0.1) is 27.5 Å². The molecule has 0 N–H and O–H groups in total. The number of fused-ring (bicyclic) bond motifs is 15. The third kappa shape index (κ3) is 3.55. The molecule has 0 radical (unpaired) electrons. The standard InChI is InChI=1S/C48H28N4S/c1-2-14-28-27(13-1)25-35-29-15-3-4-16-30(29)36-26-37-33-19-7-11-23-40(33)52(45(37)43(28)42(35)36)46-44-34-20-8-12-24-41(34)53-47(44)50-48(49-46)51-38-21-9-5-17-31(38)32-18-6-10-22-39(32)51/h1-24,26,35H,25H2. The van der Waals surface area contributed by atoms with E-state index in [0.717, 1.165) is 39.0 Å². The average Bonchev–Trinajstić information content (AvgIpc) is 3.95. The molecule has 11 aromatic rings. The number of nitrogens with zero attached hydrogens (tertiary/aromatic N) is 4. The molecule has 7 aromatic carbocycles. The van der Waals surface area contributed by atoms with E-state index in [1.807, 2.05) is 0 Å². The lowest BCUT2D eigenvalue weighted by molar-refractivity contribution is 0.816. The first kappa shape index (κ1) is 28.1. The lowest BCUT2D eigenvalue weighted by atomic mass is 9.77. The van der Waals surface area contributed by atoms with Crippen LogP contribution < -0.4 is 0 Å². The summed E-state index contributed by atoms with van der Waals surface area (Å²) in [5, 5.41) is 7.16. The summed E-state index contributed by atoms with van der Waals surface area (Å²) in [5.41, 5.74) is 14.2. The lowest BCUT2D eigenvalue weighted by Gasteiger charge is -2.27. The molecule has 0 saturated heterocycles. The lowest BCUT2D eigenvalue weighted by Crippen LogP contribution is -2.12. The Bertz CT molecular complexity index is 3340. The molecule has 2 aliphatic carbocycles. The van der Waals surface area contributed by atoms with Crippen LogP contribution in [-0.4, -0.2) is 19.1 Å². The quantitative estimate of drug-likeness (QED) is 0.181. The molecule has 4 aromatic heterocycles. The summed E-state index contributed by atoms with van der Waals surface area (Å²) in [6.07, 6.45) is 1.00. The Kier molecular flexibility index (Phi) is 5.33. The van der Waals surface area contributed by atoms with Crippen LogP contribution in [0.3, 0.4) is 0 Å². The van der Waals surface area contributed by atoms with Crippen LogP contribution in [-0.2, 0) is 6.42 Å². The zero-order valence-electron chi connectivity index (χ0n) is 28.4. The molecule has 0 aliphatic heterocycles. The van der Waals surface area contributed by atoms with Gasteiger partial charge >= 0.3 is 0 Å². The van der Waals surface area contributed by atoms with Crippen molar-refractivity contribution in [1.29, 1.82) is 0 Å². The van der Waals surface area contributed by atoms with Crippen LogP contribution in [0.1, 0.15) is 22.6 Å². The molecule has 0 saturated carbocycles. The van der Waals surface area contributed by atoms with E-state index in [0.29, 0.717) is 11.9 Å². The minimum atomic E-state index is 0.308. The number of hydrogen-bond donors (Lipinski definition) is 0. The number of benzene rings is 7. The maximum absolute atomic E-state index is 5.73. The number of rotatable bonds is 2. The topological polar surface area (TPSA) is 35.6 Å². The number of hydrogen-bond acceptors (Lipinski definition) is 3. The van der Waals surface area contributed by atoms with E-state index >= 15 is 0 Å². The highest BCUT2D eigenvalue weighted by Gasteiger charge is 2.38. The Morgan fingerprint density at radius 2 is 1.13 bits per heavy atom. The molecular formula is C48H28N4S. The van der Waals surface area contributed by atoms with Crippen molar-refractivity contribution in [3.05, 3.63) is 168 Å². The van der Waals surface area contributed by atoms with Gasteiger partial charge in [0.25, 0.3) is 0 Å². The number of thiophene rings is 1. The smallest absolute Gasteiger partial charge is 0.238 e. The minimum absolute atomic E-state index is 0.308. The SMILES string of the molecule is c1ccc2c(c1)CC1c3ccccc3-c3cc4c5ccccc5n(-c5nc(-n6c7ccccc7c7ccccc76)nc6sc7ccccc7c56)c4c-2c31. The summed E-state index contributed by atoms with van der Waals surface area (Å²) in [6, 6.07) is 55.5. The molecule has 5 heteroatoms. The van der Waals surface area contributed by atoms with Gasteiger partial charge < -0.3 is 0 Å². The molecule has 4 nitrogen and oxygen atoms in total. The number of para-hydroxylation sites is 3. The summed E-state index contributed by atoms with van der Waals surface area (Å²) in [4.78, 5) is 12.1. The Morgan fingerprint density at radius 1 is 0.528 bits per heavy atom. The van der Waals surface area contributed by atoms with Crippen LogP contribution in [0, 0.1) is 0 Å². The van der Waals surface area contributed by atoms with Gasteiger partial charge in [0.2, 0.25) is 5.95 Å². The second kappa shape index (κ2) is 10.1. The van der Waals surface area contributed by atoms with Crippen molar-refractivity contribution in [1.82, 2.24) is 19.1 Å². The number of aromatic nitrogens is 4. The van der Waals surface area contributed by atoms with Gasteiger partial charge in [0, 0.05) is 43.1 Å². The Morgan fingerprint density at radius 3 is 1.91 bits per heavy atom. The molecule has 4 heterocycles. The van der Waals surface area contributed by atoms with Gasteiger partial charge in [0.15, 0.2) is 5.82 Å². The van der Waals surface area contributed by atoms with Gasteiger partial charge in [-0.15, -0.1) is 11.3 Å². The molecule has 0 spiro atoms. The summed E-state index contributed by atoms with van der Waals surface area (Å²) in [7, 11) is 0. The fourth-order valence-electron chi connectivity index (χ4n) is 9.79. The average molecular weight is 693 g/mol. The van der Waals surface area contributed by atoms with Crippen LogP contribution in [0.2, 0.25) is 0 Å². The Labute approximate surface area is 307 Å². The second-order valence-electron chi connectivity index (χ2n) is 14.5. The summed E-state index contributed by atoms with van der Waals surface area (Å²) in [6.45, 7) is 0. The molecule has 246 valence electrons. The minimum Gasteiger partial charge on any atom is -0.292 e. The summed E-state index contributed by atoms with van der Waals surface area (Å²) >= 11 is 1.75. The zero-order chi connectivity index (χ0) is 34.4. The first-order valence-electron chi connectivity index (χ1n) is 18.3. The summed E-state index contributed by atoms with van der Waals surface area (Å²) in [5.74, 6) is 1.91. The van der Waals surface area contributed by atoms with Gasteiger partial charge in [-0.25, -0.2) is 4.98 Å². The van der Waals surface area contributed by atoms with Gasteiger partial charge in [0.1, 0.15) is 4.83 Å². The molecular weight excluding hydrogens is 665 g/mol. The Balaban J connectivity index is 1.25. The normalized spacial score (nSPS) is 14.5. The van der Waals surface area contributed by atoms with Crippen molar-refractivity contribution in [3.8, 4) is 34.0 Å². The van der Waals surface area contributed by atoms with Crippen molar-refractivity contribution >= 4 is 75.3 Å². The molecule has 13 rings (SSSR count). The van der Waals surface area contributed by atoms with E-state index in [2.05, 4.69) is 161 Å². The van der Waals surface area contributed by atoms with E-state index in [4.69, 9.17) is 9.97 Å². The highest BCUT2D eigenvalue weighted by Crippen LogP contribution is 2.57. The van der Waals surface area contributed by atoms with Crippen LogP contribution >= 0.6 is 11.3 Å². The highest BCUT2D eigenvalue weighted by molar-refractivity contribution is 7.25. The molecule has 53 heavy (non-hydrogen) atoms. The predicted molar refractivity (Wildman–Crippen MR) is 220 cm³/mol. The van der Waals surface area contributed by atoms with Gasteiger partial charge in [-0.05, 0) is 70.1 Å². The molecule has 1 atom stereocenters. The first-order valence-corrected chi connectivity index (χ1v) is 19.1. The van der Waals surface area contributed by atoms with Gasteiger partial charge in [-0.3, -0.25) is 9.13 Å². The van der Waals surface area contributed by atoms with E-state index in [9.17, 15) is 0 Å². The van der Waals surface area contributed by atoms with Crippen LogP contribution in [0.4, 0.5) is 0 Å². The van der Waals surface area contributed by atoms with Crippen LogP contribution in [0.5, 0.6) is 0 Å². The van der Waals surface area contributed by atoms with E-state index in [1.54, 1.807) is 11.3 Å². The molecule has 1 unspecified atom stereocenters. The zero-order valence-corrected chi connectivity index (χ0v) is 29.2. The monoisotopic (exact) mass is 692 g/mol. The highest BCUT2D eigenvalue weighted by atomic mass is 32.1. The van der Waals surface area contributed by atoms with Crippen molar-refractivity contribution in [2.75, 3.05) is 0 Å². The Hall–Kier alpha value is -6.56. The van der Waals surface area contributed by atoms with Crippen molar-refractivity contribution in [2.24, 2.45) is 0 Å². The maximum Gasteiger partial charge on any atom is 0.238 e. The van der Waals surface area contributed by atoms with Crippen LogP contribution in [0.25, 0.3) is 97.9 Å². The van der Waals surface area contributed by atoms with Gasteiger partial charge in [-0.2, -0.15) is 4.98 Å². The van der Waals surface area contributed by atoms with Gasteiger partial charge in [-0.1, -0.05) is 121 Å². The fraction of sp³-hybridized carbons (Fsp3) is 0.0417. The van der Waals surface area contributed by atoms with E-state index in [1.165, 1.54) is 76.1 Å². The predicted octanol–water partition coefficient (Wildman–Crippen LogP) is 12.4. The third-order valence-corrected chi connectivity index (χ3v) is 12.9. The van der Waals surface area contributed by atoms with E-state index < -0.39 is 0 Å². The largest absolute Gasteiger partial charge is 0.292 e. The van der Waals surface area contributed by atoms with Crippen molar-refractivity contribution < 1.29 is 0 Å². The fourth-order valence-corrected chi connectivity index (χ4v) is 10.9. The first-order chi connectivity index (χ1) is 26.3. The van der Waals surface area contributed by atoms with Crippen molar-refractivity contribution in [3.63, 3.8) is 0 Å². The third-order valence-electron chi connectivity index (χ3n) is 11.9. The maximum atomic E-state index is 5.73. The molecule has 0 bridgehead atoms. The molecule has 0 amide bonds. The van der Waals surface area contributed by atoms with Crippen molar-refractivity contribution in [2.45, 2.75) is 12.3 Å². The van der Waals surface area contributed by atoms with E-state index in [-0.39, 0.29) is 0 Å². The molecule has 2 aliphatic rings. The molecule has 0 fully saturated rings. The second-order valence-corrected chi connectivity index (χ2v) is 15.5. The van der Waals surface area contributed by atoms with Crippen LogP contribution in [0.15, 0.2) is 152 Å². The summed E-state index contributed by atoms with van der Waals surface area (Å²) < 4.78 is 5.96.